The molecule has 0 radical (unpaired) electrons. The first-order valence-electron chi connectivity index (χ1n) is 11.5. The van der Waals surface area contributed by atoms with Gasteiger partial charge in [0.25, 0.3) is 0 Å². The molecule has 34 heavy (non-hydrogen) atoms. The predicted octanol–water partition coefficient (Wildman–Crippen LogP) is 3.44. The highest BCUT2D eigenvalue weighted by molar-refractivity contribution is 5.73. The van der Waals surface area contributed by atoms with Gasteiger partial charge in [-0.25, -0.2) is 13.8 Å². The highest BCUT2D eigenvalue weighted by atomic mass is 19.1. The van der Waals surface area contributed by atoms with Crippen LogP contribution in [0.5, 0.6) is 0 Å². The zero-order valence-electron chi connectivity index (χ0n) is 19.4. The fraction of sp³-hybridized carbons (Fsp3) is 0.385. The van der Waals surface area contributed by atoms with E-state index in [1.807, 2.05) is 17.8 Å². The van der Waals surface area contributed by atoms with E-state index in [0.29, 0.717) is 5.56 Å². The number of hydrogen-bond acceptors (Lipinski definition) is 4. The average molecular weight is 469 g/mol. The molecule has 1 amide bonds. The van der Waals surface area contributed by atoms with Crippen LogP contribution in [-0.4, -0.2) is 39.3 Å². The van der Waals surface area contributed by atoms with E-state index < -0.39 is 23.8 Å². The fourth-order valence-corrected chi connectivity index (χ4v) is 4.73. The summed E-state index contributed by atoms with van der Waals surface area (Å²) >= 11 is 0. The third kappa shape index (κ3) is 5.69. The van der Waals surface area contributed by atoms with Crippen LogP contribution in [-0.2, 0) is 24.7 Å². The Balaban J connectivity index is 1.48. The molecule has 0 saturated carbocycles. The molecule has 0 bridgehead atoms. The number of aryl methyl sites for hydroxylation is 2. The average Bonchev–Trinajstić information content (AvgIpc) is 3.21. The highest BCUT2D eigenvalue weighted by Crippen LogP contribution is 2.33. The van der Waals surface area contributed by atoms with Crippen molar-refractivity contribution in [2.24, 2.45) is 7.05 Å². The van der Waals surface area contributed by atoms with Crippen LogP contribution >= 0.6 is 0 Å². The summed E-state index contributed by atoms with van der Waals surface area (Å²) in [4.78, 5) is 16.2. The summed E-state index contributed by atoms with van der Waals surface area (Å²) in [7, 11) is 1.96. The van der Waals surface area contributed by atoms with Crippen molar-refractivity contribution < 1.29 is 18.7 Å². The molecule has 0 spiro atoms. The first-order chi connectivity index (χ1) is 16.3. The van der Waals surface area contributed by atoms with Gasteiger partial charge in [-0.1, -0.05) is 12.1 Å². The molecule has 180 valence electrons. The Morgan fingerprint density at radius 2 is 2.00 bits per heavy atom. The zero-order chi connectivity index (χ0) is 24.2. The second-order valence-corrected chi connectivity index (χ2v) is 8.98. The van der Waals surface area contributed by atoms with Crippen molar-refractivity contribution in [1.29, 1.82) is 0 Å². The Kier molecular flexibility index (Phi) is 7.38. The molecule has 8 heteroatoms. The Morgan fingerprint density at radius 3 is 2.68 bits per heavy atom. The SMILES string of the molecule is CC(=O)NC(Cc1cc(F)cc(F)c1)C(O)CNC1CCCc2ccc(-c3nccn3C)cc21. The number of hydrogen-bond donors (Lipinski definition) is 3. The van der Waals surface area contributed by atoms with Gasteiger partial charge in [-0.2, -0.15) is 0 Å². The topological polar surface area (TPSA) is 79.2 Å². The van der Waals surface area contributed by atoms with Gasteiger partial charge < -0.3 is 20.3 Å². The maximum Gasteiger partial charge on any atom is 0.217 e. The quantitative estimate of drug-likeness (QED) is 0.473. The second-order valence-electron chi connectivity index (χ2n) is 8.98. The molecule has 1 aliphatic rings. The number of aromatic nitrogens is 2. The van der Waals surface area contributed by atoms with Crippen LogP contribution in [0.25, 0.3) is 11.4 Å². The van der Waals surface area contributed by atoms with Gasteiger partial charge in [-0.3, -0.25) is 4.79 Å². The van der Waals surface area contributed by atoms with Gasteiger partial charge in [0.15, 0.2) is 0 Å². The molecule has 3 atom stereocenters. The number of aliphatic hydroxyl groups is 1. The lowest BCUT2D eigenvalue weighted by Crippen LogP contribution is -2.48. The molecule has 6 nitrogen and oxygen atoms in total. The molecule has 3 N–H and O–H groups in total. The number of nitrogens with one attached hydrogen (secondary N) is 2. The van der Waals surface area contributed by atoms with Gasteiger partial charge in [-0.15, -0.1) is 0 Å². The predicted molar refractivity (Wildman–Crippen MR) is 126 cm³/mol. The zero-order valence-corrected chi connectivity index (χ0v) is 19.4. The van der Waals surface area contributed by atoms with Crippen LogP contribution in [0.1, 0.15) is 42.5 Å². The number of nitrogens with zero attached hydrogens (tertiary/aromatic N) is 2. The molecule has 3 aromatic rings. The van der Waals surface area contributed by atoms with Gasteiger partial charge in [0.05, 0.1) is 12.1 Å². The summed E-state index contributed by atoms with van der Waals surface area (Å²) in [5, 5.41) is 17.1. The number of carbonyl (C=O) groups is 1. The van der Waals surface area contributed by atoms with Crippen LogP contribution in [0, 0.1) is 11.6 Å². The first kappa shape index (κ1) is 24.0. The summed E-state index contributed by atoms with van der Waals surface area (Å²) < 4.78 is 29.2. The number of amides is 1. The van der Waals surface area contributed by atoms with Crippen LogP contribution in [0.2, 0.25) is 0 Å². The Labute approximate surface area is 198 Å². The lowest BCUT2D eigenvalue weighted by Gasteiger charge is -2.30. The molecule has 1 aliphatic carbocycles. The number of benzene rings is 2. The van der Waals surface area contributed by atoms with Crippen LogP contribution in [0.15, 0.2) is 48.8 Å². The maximum atomic E-state index is 13.6. The summed E-state index contributed by atoms with van der Waals surface area (Å²) in [5.41, 5.74) is 3.86. The molecular weight excluding hydrogens is 438 g/mol. The lowest BCUT2D eigenvalue weighted by molar-refractivity contribution is -0.120. The van der Waals surface area contributed by atoms with Crippen molar-refractivity contribution in [3.05, 3.63) is 77.1 Å². The van der Waals surface area contributed by atoms with Crippen molar-refractivity contribution in [3.8, 4) is 11.4 Å². The first-order valence-corrected chi connectivity index (χ1v) is 11.5. The highest BCUT2D eigenvalue weighted by Gasteiger charge is 2.25. The molecule has 0 fully saturated rings. The van der Waals surface area contributed by atoms with E-state index in [1.54, 1.807) is 6.20 Å². The van der Waals surface area contributed by atoms with E-state index in [4.69, 9.17) is 0 Å². The Hall–Kier alpha value is -3.10. The van der Waals surface area contributed by atoms with E-state index in [-0.39, 0.29) is 24.9 Å². The third-order valence-electron chi connectivity index (χ3n) is 6.34. The van der Waals surface area contributed by atoms with E-state index in [2.05, 4.69) is 33.8 Å². The number of carbonyl (C=O) groups excluding carboxylic acids is 1. The number of aliphatic hydroxyl groups excluding tert-OH is 1. The summed E-state index contributed by atoms with van der Waals surface area (Å²) in [6, 6.07) is 8.97. The van der Waals surface area contributed by atoms with Crippen molar-refractivity contribution in [1.82, 2.24) is 20.2 Å². The minimum Gasteiger partial charge on any atom is -0.390 e. The van der Waals surface area contributed by atoms with Crippen LogP contribution in [0.3, 0.4) is 0 Å². The standard InChI is InChI=1S/C26H30F2N4O2/c1-16(33)31-24(12-17-10-20(27)14-21(28)11-17)25(34)15-30-23-5-3-4-18-6-7-19(13-22(18)23)26-29-8-9-32(26)2/h6-11,13-14,23-25,30,34H,3-5,12,15H2,1-2H3,(H,31,33). The van der Waals surface area contributed by atoms with Crippen molar-refractivity contribution in [3.63, 3.8) is 0 Å². The third-order valence-corrected chi connectivity index (χ3v) is 6.34. The van der Waals surface area contributed by atoms with E-state index in [0.717, 1.165) is 36.7 Å². The smallest absolute Gasteiger partial charge is 0.217 e. The van der Waals surface area contributed by atoms with E-state index in [1.165, 1.54) is 30.2 Å². The number of imidazole rings is 1. The molecule has 2 aromatic carbocycles. The van der Waals surface area contributed by atoms with Gasteiger partial charge in [0, 0.05) is 50.6 Å². The van der Waals surface area contributed by atoms with E-state index in [9.17, 15) is 18.7 Å². The number of halogens is 2. The van der Waals surface area contributed by atoms with Crippen LogP contribution < -0.4 is 10.6 Å². The minimum absolute atomic E-state index is 0.0446. The number of rotatable bonds is 8. The van der Waals surface area contributed by atoms with Gasteiger partial charge >= 0.3 is 0 Å². The largest absolute Gasteiger partial charge is 0.390 e. The summed E-state index contributed by atoms with van der Waals surface area (Å²) in [6.07, 6.45) is 5.79. The molecule has 4 rings (SSSR count). The second kappa shape index (κ2) is 10.4. The van der Waals surface area contributed by atoms with Gasteiger partial charge in [0.2, 0.25) is 5.91 Å². The Morgan fingerprint density at radius 1 is 1.24 bits per heavy atom. The summed E-state index contributed by atoms with van der Waals surface area (Å²) in [5.74, 6) is -0.804. The molecule has 0 aliphatic heterocycles. The fourth-order valence-electron chi connectivity index (χ4n) is 4.73. The lowest BCUT2D eigenvalue weighted by atomic mass is 9.86. The summed E-state index contributed by atoms with van der Waals surface area (Å²) in [6.45, 7) is 1.58. The monoisotopic (exact) mass is 468 g/mol. The maximum absolute atomic E-state index is 13.6. The molecular formula is C26H30F2N4O2. The molecule has 1 heterocycles. The molecule has 3 unspecified atom stereocenters. The minimum atomic E-state index is -0.946. The van der Waals surface area contributed by atoms with Crippen LogP contribution in [0.4, 0.5) is 8.78 Å². The normalized spacial score (nSPS) is 17.1. The van der Waals surface area contributed by atoms with Gasteiger partial charge in [0.1, 0.15) is 17.5 Å². The van der Waals surface area contributed by atoms with E-state index >= 15 is 0 Å². The van der Waals surface area contributed by atoms with Crippen molar-refractivity contribution >= 4 is 5.91 Å². The molecule has 0 saturated heterocycles. The Bertz CT molecular complexity index is 1140. The van der Waals surface area contributed by atoms with Crippen molar-refractivity contribution in [2.45, 2.75) is 50.8 Å². The van der Waals surface area contributed by atoms with Crippen molar-refractivity contribution in [2.75, 3.05) is 6.54 Å². The number of fused-ring (bicyclic) bond motifs is 1. The van der Waals surface area contributed by atoms with Gasteiger partial charge in [-0.05, 0) is 60.6 Å². The molecule has 1 aromatic heterocycles.